The van der Waals surface area contributed by atoms with Gasteiger partial charge < -0.3 is 20.4 Å². The van der Waals surface area contributed by atoms with Gasteiger partial charge >= 0.3 is 23.9 Å². The first-order valence-corrected chi connectivity index (χ1v) is 9.62. The van der Waals surface area contributed by atoms with Crippen molar-refractivity contribution in [2.45, 2.75) is 50.2 Å². The maximum Gasteiger partial charge on any atom is 0.317 e. The van der Waals surface area contributed by atoms with Crippen LogP contribution >= 0.6 is 0 Å². The second kappa shape index (κ2) is 9.51. The third-order valence-electron chi connectivity index (χ3n) is 5.81. The molecule has 4 N–H and O–H groups in total. The predicted molar refractivity (Wildman–Crippen MR) is 99.7 cm³/mol. The zero-order chi connectivity index (χ0) is 21.8. The third-order valence-corrected chi connectivity index (χ3v) is 5.81. The van der Waals surface area contributed by atoms with E-state index >= 15 is 0 Å². The van der Waals surface area contributed by atoms with Crippen LogP contribution in [0, 0.1) is 0 Å². The van der Waals surface area contributed by atoms with Gasteiger partial charge in [-0.25, -0.2) is 0 Å². The maximum absolute atomic E-state index is 11.5. The first kappa shape index (κ1) is 23.0. The summed E-state index contributed by atoms with van der Waals surface area (Å²) in [6, 6.07) is -0.366. The van der Waals surface area contributed by atoms with Gasteiger partial charge in [0.05, 0.1) is 26.2 Å². The van der Waals surface area contributed by atoms with Gasteiger partial charge in [-0.3, -0.25) is 33.9 Å². The molecule has 0 aromatic carbocycles. The van der Waals surface area contributed by atoms with Crippen molar-refractivity contribution in [3.63, 3.8) is 0 Å². The molecule has 0 aromatic heterocycles. The van der Waals surface area contributed by atoms with Crippen LogP contribution in [0.3, 0.4) is 0 Å². The fourth-order valence-corrected chi connectivity index (χ4v) is 4.76. The number of carbonyl (C=O) groups is 4. The Balaban J connectivity index is 2.47. The number of hydrogen-bond donors (Lipinski definition) is 4. The fraction of sp³-hybridized carbons (Fsp3) is 0.778. The number of nitrogens with zero attached hydrogens (tertiary/aromatic N) is 3. The standard InChI is InChI=1S/C18H29N3O8/c1-18(21(8-16(26)27)9-17(28)29)10-19(6-14(22)23)12-4-2-3-5-13(12)20(11-18)7-15(24)25/h12-13H,2-11H2,1H3,(H,22,23)(H,24,25)(H,26,27)(H,28,29). The molecule has 164 valence electrons. The highest BCUT2D eigenvalue weighted by Crippen LogP contribution is 2.34. The van der Waals surface area contributed by atoms with Gasteiger partial charge in [0.15, 0.2) is 0 Å². The van der Waals surface area contributed by atoms with E-state index in [4.69, 9.17) is 0 Å². The Labute approximate surface area is 168 Å². The van der Waals surface area contributed by atoms with Crippen molar-refractivity contribution in [1.29, 1.82) is 0 Å². The summed E-state index contributed by atoms with van der Waals surface area (Å²) in [4.78, 5) is 50.6. The lowest BCUT2D eigenvalue weighted by Gasteiger charge is -2.42. The van der Waals surface area contributed by atoms with Crippen molar-refractivity contribution in [2.24, 2.45) is 0 Å². The summed E-state index contributed by atoms with van der Waals surface area (Å²) in [7, 11) is 0. The molecule has 0 aromatic rings. The van der Waals surface area contributed by atoms with Crippen molar-refractivity contribution in [1.82, 2.24) is 14.7 Å². The molecule has 0 spiro atoms. The summed E-state index contributed by atoms with van der Waals surface area (Å²) < 4.78 is 0. The number of carboxylic acid groups (broad SMARTS) is 4. The van der Waals surface area contributed by atoms with Crippen LogP contribution < -0.4 is 0 Å². The molecule has 1 saturated carbocycles. The van der Waals surface area contributed by atoms with Crippen LogP contribution in [0.2, 0.25) is 0 Å². The van der Waals surface area contributed by atoms with Crippen LogP contribution in [0.5, 0.6) is 0 Å². The Kier molecular flexibility index (Phi) is 7.55. The van der Waals surface area contributed by atoms with Crippen LogP contribution in [-0.2, 0) is 19.2 Å². The van der Waals surface area contributed by atoms with Gasteiger partial charge in [-0.05, 0) is 19.8 Å². The van der Waals surface area contributed by atoms with E-state index in [1.807, 2.05) is 0 Å². The molecule has 11 heteroatoms. The molecule has 2 fully saturated rings. The molecule has 11 nitrogen and oxygen atoms in total. The van der Waals surface area contributed by atoms with Crippen LogP contribution in [-0.4, -0.2) is 116 Å². The molecule has 29 heavy (non-hydrogen) atoms. The quantitative estimate of drug-likeness (QED) is 0.378. The van der Waals surface area contributed by atoms with Gasteiger partial charge in [0.25, 0.3) is 0 Å². The molecule has 1 heterocycles. The molecule has 0 radical (unpaired) electrons. The van der Waals surface area contributed by atoms with Crippen molar-refractivity contribution >= 4 is 23.9 Å². The van der Waals surface area contributed by atoms with Gasteiger partial charge in [-0.1, -0.05) is 12.8 Å². The molecule has 2 unspecified atom stereocenters. The van der Waals surface area contributed by atoms with Crippen LogP contribution in [0.25, 0.3) is 0 Å². The molecular weight excluding hydrogens is 386 g/mol. The number of carboxylic acids is 4. The summed E-state index contributed by atoms with van der Waals surface area (Å²) >= 11 is 0. The smallest absolute Gasteiger partial charge is 0.317 e. The largest absolute Gasteiger partial charge is 0.480 e. The Hall–Kier alpha value is -2.24. The minimum Gasteiger partial charge on any atom is -0.480 e. The number of rotatable bonds is 9. The minimum atomic E-state index is -1.20. The second-order valence-electron chi connectivity index (χ2n) is 8.16. The van der Waals surface area contributed by atoms with Gasteiger partial charge in [0.2, 0.25) is 0 Å². The average Bonchev–Trinajstić information content (AvgIpc) is 2.69. The summed E-state index contributed by atoms with van der Waals surface area (Å²) in [5, 5.41) is 37.4. The number of aliphatic carboxylic acids is 4. The molecule has 1 aliphatic heterocycles. The van der Waals surface area contributed by atoms with E-state index in [-0.39, 0.29) is 38.3 Å². The summed E-state index contributed by atoms with van der Waals surface area (Å²) in [6.45, 7) is 0.325. The van der Waals surface area contributed by atoms with Crippen molar-refractivity contribution in [3.8, 4) is 0 Å². The summed E-state index contributed by atoms with van der Waals surface area (Å²) in [5.41, 5.74) is -1.06. The van der Waals surface area contributed by atoms with Crippen molar-refractivity contribution < 1.29 is 39.6 Å². The van der Waals surface area contributed by atoms with Crippen LogP contribution in [0.1, 0.15) is 32.6 Å². The molecule has 2 rings (SSSR count). The highest BCUT2D eigenvalue weighted by atomic mass is 16.4. The molecule has 0 bridgehead atoms. The lowest BCUT2D eigenvalue weighted by molar-refractivity contribution is -0.147. The van der Waals surface area contributed by atoms with Crippen LogP contribution in [0.4, 0.5) is 0 Å². The van der Waals surface area contributed by atoms with Gasteiger partial charge in [0.1, 0.15) is 0 Å². The predicted octanol–water partition coefficient (Wildman–Crippen LogP) is -0.686. The third kappa shape index (κ3) is 6.12. The molecule has 0 amide bonds. The van der Waals surface area contributed by atoms with E-state index in [1.165, 1.54) is 4.90 Å². The van der Waals surface area contributed by atoms with E-state index in [1.54, 1.807) is 16.7 Å². The summed E-state index contributed by atoms with van der Waals surface area (Å²) in [5.74, 6) is -4.48. The summed E-state index contributed by atoms with van der Waals surface area (Å²) in [6.07, 6.45) is 3.20. The molecule has 2 aliphatic rings. The Morgan fingerprint density at radius 2 is 1.17 bits per heavy atom. The molecular formula is C18H29N3O8. The van der Waals surface area contributed by atoms with E-state index in [2.05, 4.69) is 0 Å². The van der Waals surface area contributed by atoms with Crippen molar-refractivity contribution in [2.75, 3.05) is 39.3 Å². The highest BCUT2D eigenvalue weighted by Gasteiger charge is 2.47. The van der Waals surface area contributed by atoms with Gasteiger partial charge in [0, 0.05) is 30.7 Å². The Morgan fingerprint density at radius 1 is 0.793 bits per heavy atom. The number of hydrogen-bond acceptors (Lipinski definition) is 7. The SMILES string of the molecule is CC1(N(CC(=O)O)CC(=O)O)CN(CC(=O)O)C2CCCCC2N(CC(=O)O)C1. The Bertz CT molecular complexity index is 605. The minimum absolute atomic E-state index is 0.136. The average molecular weight is 415 g/mol. The van der Waals surface area contributed by atoms with Gasteiger partial charge in [-0.15, -0.1) is 0 Å². The molecule has 1 aliphatic carbocycles. The fourth-order valence-electron chi connectivity index (χ4n) is 4.76. The van der Waals surface area contributed by atoms with E-state index < -0.39 is 42.5 Å². The van der Waals surface area contributed by atoms with Crippen molar-refractivity contribution in [3.05, 3.63) is 0 Å². The number of fused-ring (bicyclic) bond motifs is 1. The zero-order valence-electron chi connectivity index (χ0n) is 16.5. The monoisotopic (exact) mass is 415 g/mol. The van der Waals surface area contributed by atoms with Crippen LogP contribution in [0.15, 0.2) is 0 Å². The molecule has 2 atom stereocenters. The lowest BCUT2D eigenvalue weighted by atomic mass is 9.88. The zero-order valence-corrected chi connectivity index (χ0v) is 16.5. The van der Waals surface area contributed by atoms with Gasteiger partial charge in [-0.2, -0.15) is 0 Å². The van der Waals surface area contributed by atoms with E-state index in [9.17, 15) is 39.6 Å². The normalized spacial score (nSPS) is 28.5. The first-order valence-electron chi connectivity index (χ1n) is 9.62. The highest BCUT2D eigenvalue weighted by molar-refractivity contribution is 5.73. The second-order valence-corrected chi connectivity index (χ2v) is 8.16. The topological polar surface area (TPSA) is 159 Å². The molecule has 1 saturated heterocycles. The Morgan fingerprint density at radius 3 is 1.48 bits per heavy atom. The lowest BCUT2D eigenvalue weighted by Crippen LogP contribution is -2.60. The van der Waals surface area contributed by atoms with E-state index in [0.717, 1.165) is 12.8 Å². The van der Waals surface area contributed by atoms with E-state index in [0.29, 0.717) is 12.8 Å². The first-order chi connectivity index (χ1) is 13.5. The maximum atomic E-state index is 11.5.